The van der Waals surface area contributed by atoms with E-state index in [0.29, 0.717) is 44.3 Å². The second-order valence-electron chi connectivity index (χ2n) is 14.1. The van der Waals surface area contributed by atoms with Gasteiger partial charge in [0.25, 0.3) is 0 Å². The van der Waals surface area contributed by atoms with Crippen molar-refractivity contribution < 1.29 is 24.2 Å². The molecule has 2 unspecified atom stereocenters. The predicted molar refractivity (Wildman–Crippen MR) is 186 cm³/mol. The Kier molecular flexibility index (Phi) is 9.77. The Morgan fingerprint density at radius 2 is 1.73 bits per heavy atom. The van der Waals surface area contributed by atoms with E-state index in [9.17, 15) is 14.7 Å². The van der Waals surface area contributed by atoms with E-state index in [0.717, 1.165) is 11.1 Å². The summed E-state index contributed by atoms with van der Waals surface area (Å²) < 4.78 is 8.74. The highest BCUT2D eigenvalue weighted by Gasteiger charge is 2.79. The summed E-state index contributed by atoms with van der Waals surface area (Å²) in [5, 5.41) is 19.4. The molecule has 260 valence electrons. The lowest BCUT2D eigenvalue weighted by atomic mass is 9.64. The van der Waals surface area contributed by atoms with E-state index in [1.807, 2.05) is 75.4 Å². The third-order valence-electron chi connectivity index (χ3n) is 10.7. The van der Waals surface area contributed by atoms with Crippen molar-refractivity contribution in [2.24, 2.45) is 17.8 Å². The number of aliphatic hydroxyl groups excluding tert-OH is 1. The molecule has 1 N–H and O–H groups in total. The molecule has 49 heavy (non-hydrogen) atoms. The maximum Gasteiger partial charge on any atom is 0.250 e. The fourth-order valence-corrected chi connectivity index (χ4v) is 8.64. The number of hydrogen-bond donors (Lipinski definition) is 1. The molecule has 11 heteroatoms. The summed E-state index contributed by atoms with van der Waals surface area (Å²) in [5.74, 6) is -2.37. The van der Waals surface area contributed by atoms with Gasteiger partial charge in [-0.25, -0.2) is 4.68 Å². The van der Waals surface area contributed by atoms with Gasteiger partial charge in [0.05, 0.1) is 35.6 Å². The van der Waals surface area contributed by atoms with E-state index >= 15 is 4.79 Å². The number of likely N-dealkylation sites (tertiary alicyclic amines) is 1. The summed E-state index contributed by atoms with van der Waals surface area (Å²) in [6.07, 6.45) is 5.33. The molecule has 0 saturated carbocycles. The Balaban J connectivity index is 1.43. The second kappa shape index (κ2) is 13.9. The minimum absolute atomic E-state index is 0.0735. The normalized spacial score (nSPS) is 26.3. The molecule has 0 radical (unpaired) electrons. The number of hydrogen-bond acceptors (Lipinski definition) is 7. The van der Waals surface area contributed by atoms with Crippen LogP contribution < -0.4 is 0 Å². The van der Waals surface area contributed by atoms with E-state index in [4.69, 9.17) is 4.74 Å². The van der Waals surface area contributed by atoms with Gasteiger partial charge in [0.1, 0.15) is 23.8 Å². The van der Waals surface area contributed by atoms with Gasteiger partial charge in [0.2, 0.25) is 17.7 Å². The van der Waals surface area contributed by atoms with Crippen LogP contribution in [-0.2, 0) is 32.3 Å². The number of aromatic nitrogens is 3. The van der Waals surface area contributed by atoms with Crippen molar-refractivity contribution in [3.63, 3.8) is 0 Å². The number of para-hydroxylation sites is 1. The average Bonchev–Trinajstić information content (AvgIpc) is 3.83. The summed E-state index contributed by atoms with van der Waals surface area (Å²) in [4.78, 5) is 49.8. The van der Waals surface area contributed by atoms with Crippen LogP contribution in [0.25, 0.3) is 11.0 Å². The Labute approximate surface area is 288 Å². The van der Waals surface area contributed by atoms with Crippen molar-refractivity contribution in [2.75, 3.05) is 19.7 Å². The SMILES string of the molecule is C=CCN(Cn1nnc2ccccc21)C(=O)C1N([C@@H](CO)CC(C)C)C(=O)[C@@H]2[C@@H](C(=O)N(CC=C)Cc3ccccc3)[C@@]3(CC)CCC12O3. The smallest absolute Gasteiger partial charge is 0.250 e. The van der Waals surface area contributed by atoms with Gasteiger partial charge in [-0.1, -0.05) is 80.6 Å². The van der Waals surface area contributed by atoms with E-state index in [-0.39, 0.29) is 43.5 Å². The van der Waals surface area contributed by atoms with E-state index in [1.54, 1.807) is 31.5 Å². The molecule has 2 aromatic carbocycles. The fourth-order valence-electron chi connectivity index (χ4n) is 8.64. The van der Waals surface area contributed by atoms with Gasteiger partial charge in [-0.2, -0.15) is 0 Å². The van der Waals surface area contributed by atoms with Gasteiger partial charge >= 0.3 is 0 Å². The predicted octanol–water partition coefficient (Wildman–Crippen LogP) is 4.18. The molecule has 4 heterocycles. The second-order valence-corrected chi connectivity index (χ2v) is 14.1. The summed E-state index contributed by atoms with van der Waals surface area (Å²) in [5.41, 5.74) is 0.280. The first-order chi connectivity index (χ1) is 23.6. The van der Waals surface area contributed by atoms with E-state index in [1.165, 1.54) is 0 Å². The first-order valence-corrected chi connectivity index (χ1v) is 17.4. The van der Waals surface area contributed by atoms with E-state index < -0.39 is 35.1 Å². The molecule has 3 fully saturated rings. The number of aliphatic hydroxyl groups is 1. The molecule has 6 atom stereocenters. The first-order valence-electron chi connectivity index (χ1n) is 17.4. The molecule has 6 rings (SSSR count). The molecule has 3 aromatic rings. The summed E-state index contributed by atoms with van der Waals surface area (Å²) in [6.45, 7) is 14.5. The maximum absolute atomic E-state index is 15.1. The number of carbonyl (C=O) groups is 3. The lowest BCUT2D eigenvalue weighted by molar-refractivity contribution is -0.159. The van der Waals surface area contributed by atoms with Crippen molar-refractivity contribution in [2.45, 2.75) is 83.0 Å². The van der Waals surface area contributed by atoms with Crippen LogP contribution >= 0.6 is 0 Å². The monoisotopic (exact) mass is 668 g/mol. The molecule has 1 spiro atoms. The molecule has 3 saturated heterocycles. The summed E-state index contributed by atoms with van der Waals surface area (Å²) in [6, 6.07) is 15.6. The molecule has 3 aliphatic rings. The number of amides is 3. The van der Waals surface area contributed by atoms with Gasteiger partial charge in [-0.3, -0.25) is 14.4 Å². The number of rotatable bonds is 15. The first kappa shape index (κ1) is 34.5. The summed E-state index contributed by atoms with van der Waals surface area (Å²) in [7, 11) is 0. The highest BCUT2D eigenvalue weighted by molar-refractivity contribution is 5.99. The third kappa shape index (κ3) is 5.86. The van der Waals surface area contributed by atoms with Gasteiger partial charge in [-0.15, -0.1) is 18.3 Å². The molecular weight excluding hydrogens is 620 g/mol. The molecule has 3 aliphatic heterocycles. The molecule has 11 nitrogen and oxygen atoms in total. The number of ether oxygens (including phenoxy) is 1. The van der Waals surface area contributed by atoms with Crippen molar-refractivity contribution in [3.05, 3.63) is 85.5 Å². The highest BCUT2D eigenvalue weighted by atomic mass is 16.5. The van der Waals surface area contributed by atoms with Gasteiger partial charge in [0.15, 0.2) is 0 Å². The maximum atomic E-state index is 15.1. The average molecular weight is 669 g/mol. The van der Waals surface area contributed by atoms with Crippen LogP contribution in [0.1, 0.15) is 52.0 Å². The zero-order valence-corrected chi connectivity index (χ0v) is 28.8. The Morgan fingerprint density at radius 1 is 1.04 bits per heavy atom. The van der Waals surface area contributed by atoms with Gasteiger partial charge in [-0.05, 0) is 49.3 Å². The number of carbonyl (C=O) groups excluding carboxylic acids is 3. The standard InChI is InChI=1S/C38H48N6O5/c1-6-20-41(23-27-14-10-9-11-15-27)34(46)31-32-35(47)44(28(24-45)22-26(4)5)33(38(32)19-18-37(31,8-3)49-38)36(48)42(21-7-2)25-43-30-17-13-12-16-29(30)39-40-43/h6-7,9-17,26,28,31-33,45H,1-2,8,18-25H2,3-5H3/t28-,31+,32+,33?,37-,38?/m1/s1. The topological polar surface area (TPSA) is 121 Å². The zero-order valence-electron chi connectivity index (χ0n) is 28.8. The van der Waals surface area contributed by atoms with Crippen LogP contribution in [0.4, 0.5) is 0 Å². The molecule has 1 aromatic heterocycles. The van der Waals surface area contributed by atoms with Crippen LogP contribution in [0.5, 0.6) is 0 Å². The number of fused-ring (bicyclic) bond motifs is 2. The van der Waals surface area contributed by atoms with Gasteiger partial charge < -0.3 is 24.5 Å². The van der Waals surface area contributed by atoms with E-state index in [2.05, 4.69) is 23.5 Å². The Hall–Kier alpha value is -4.35. The number of benzene rings is 2. The molecule has 3 amide bonds. The lowest BCUT2D eigenvalue weighted by Crippen LogP contribution is -2.59. The lowest BCUT2D eigenvalue weighted by Gasteiger charge is -2.40. The minimum atomic E-state index is -1.24. The Morgan fingerprint density at radius 3 is 2.41 bits per heavy atom. The van der Waals surface area contributed by atoms with Crippen LogP contribution in [-0.4, -0.2) is 95.5 Å². The number of nitrogens with zero attached hydrogens (tertiary/aromatic N) is 6. The van der Waals surface area contributed by atoms with Gasteiger partial charge in [0, 0.05) is 19.6 Å². The minimum Gasteiger partial charge on any atom is -0.394 e. The van der Waals surface area contributed by atoms with Crippen LogP contribution in [0, 0.1) is 17.8 Å². The van der Waals surface area contributed by atoms with Crippen LogP contribution in [0.15, 0.2) is 79.9 Å². The molecule has 2 bridgehead atoms. The van der Waals surface area contributed by atoms with Crippen molar-refractivity contribution >= 4 is 28.8 Å². The zero-order chi connectivity index (χ0) is 34.9. The third-order valence-corrected chi connectivity index (χ3v) is 10.7. The fraction of sp³-hybridized carbons (Fsp3) is 0.500. The van der Waals surface area contributed by atoms with Crippen molar-refractivity contribution in [1.29, 1.82) is 0 Å². The van der Waals surface area contributed by atoms with Crippen molar-refractivity contribution in [1.82, 2.24) is 29.7 Å². The highest BCUT2D eigenvalue weighted by Crippen LogP contribution is 2.65. The van der Waals surface area contributed by atoms with Crippen LogP contribution in [0.2, 0.25) is 0 Å². The largest absolute Gasteiger partial charge is 0.394 e. The molecule has 0 aliphatic carbocycles. The van der Waals surface area contributed by atoms with Crippen LogP contribution in [0.3, 0.4) is 0 Å². The van der Waals surface area contributed by atoms with Crippen molar-refractivity contribution in [3.8, 4) is 0 Å². The molecular formula is C38H48N6O5. The quantitative estimate of drug-likeness (QED) is 0.241. The summed E-state index contributed by atoms with van der Waals surface area (Å²) >= 11 is 0. The Bertz CT molecular complexity index is 1710.